The minimum atomic E-state index is -0.926. The number of carboxylic acid groups (broad SMARTS) is 1. The first kappa shape index (κ1) is 22.4. The molecule has 5 nitrogen and oxygen atoms in total. The Labute approximate surface area is 191 Å². The van der Waals surface area contributed by atoms with Crippen molar-refractivity contribution in [2.75, 3.05) is 13.2 Å². The van der Waals surface area contributed by atoms with E-state index in [1.165, 1.54) is 35.1 Å². The minimum absolute atomic E-state index is 0.164. The Kier molecular flexibility index (Phi) is 6.02. The molecule has 1 heterocycles. The second-order valence-corrected chi connectivity index (χ2v) is 10.3. The van der Waals surface area contributed by atoms with Crippen LogP contribution in [-0.4, -0.2) is 35.5 Å². The summed E-state index contributed by atoms with van der Waals surface area (Å²) in [5.74, 6) is -0.231. The molecular weight excluding hydrogens is 400 g/mol. The lowest BCUT2D eigenvalue weighted by Crippen LogP contribution is -2.34. The van der Waals surface area contributed by atoms with Crippen LogP contribution in [0.1, 0.15) is 79.6 Å². The van der Waals surface area contributed by atoms with Gasteiger partial charge < -0.3 is 9.84 Å². The monoisotopic (exact) mass is 434 g/mol. The quantitative estimate of drug-likeness (QED) is 0.621. The Morgan fingerprint density at radius 3 is 2.22 bits per heavy atom. The summed E-state index contributed by atoms with van der Waals surface area (Å²) >= 11 is 0. The van der Waals surface area contributed by atoms with Gasteiger partial charge in [-0.25, -0.2) is 4.79 Å². The summed E-state index contributed by atoms with van der Waals surface area (Å²) in [4.78, 5) is 11.1. The van der Waals surface area contributed by atoms with Gasteiger partial charge in [-0.2, -0.15) is 5.10 Å². The van der Waals surface area contributed by atoms with E-state index in [1.807, 2.05) is 6.21 Å². The smallest absolute Gasteiger partial charge is 0.335 e. The van der Waals surface area contributed by atoms with Crippen molar-refractivity contribution in [1.29, 1.82) is 0 Å². The Hall–Kier alpha value is -2.82. The molecule has 0 unspecified atom stereocenters. The lowest BCUT2D eigenvalue weighted by atomic mass is 9.62. The molecule has 170 valence electrons. The second kappa shape index (κ2) is 8.61. The number of ether oxygens (including phenoxy) is 1. The third-order valence-electron chi connectivity index (χ3n) is 7.03. The summed E-state index contributed by atoms with van der Waals surface area (Å²) in [5, 5.41) is 15.7. The van der Waals surface area contributed by atoms with Crippen molar-refractivity contribution < 1.29 is 14.6 Å². The van der Waals surface area contributed by atoms with E-state index < -0.39 is 5.97 Å². The standard InChI is InChI=1S/C27H34N2O3/c1-26(2)11-12-27(3,4)24-17-21(18-29-14-5-13-28-29)20(16-23(24)26)10-15-32-22-8-6-19(7-9-22)25(30)31/h6-9,13,16-17H,5,10-12,14-15,18H2,1-4H3,(H,30,31). The molecule has 0 amide bonds. The van der Waals surface area contributed by atoms with E-state index in [1.54, 1.807) is 24.3 Å². The van der Waals surface area contributed by atoms with Gasteiger partial charge in [0, 0.05) is 25.6 Å². The SMILES string of the molecule is CC1(C)CCC(C)(C)c2cc(CN3CCC=N3)c(CCOc3ccc(C(=O)O)cc3)cc21. The summed E-state index contributed by atoms with van der Waals surface area (Å²) < 4.78 is 5.97. The summed E-state index contributed by atoms with van der Waals surface area (Å²) in [6, 6.07) is 11.5. The fourth-order valence-electron chi connectivity index (χ4n) is 4.81. The Morgan fingerprint density at radius 2 is 1.66 bits per heavy atom. The second-order valence-electron chi connectivity index (χ2n) is 10.3. The molecule has 0 bridgehead atoms. The van der Waals surface area contributed by atoms with Crippen LogP contribution < -0.4 is 4.74 Å². The lowest BCUT2D eigenvalue weighted by molar-refractivity contribution is 0.0697. The molecule has 0 aromatic heterocycles. The highest BCUT2D eigenvalue weighted by molar-refractivity contribution is 5.87. The Balaban J connectivity index is 1.58. The summed E-state index contributed by atoms with van der Waals surface area (Å²) in [7, 11) is 0. The zero-order valence-corrected chi connectivity index (χ0v) is 19.6. The van der Waals surface area contributed by atoms with Crippen LogP contribution >= 0.6 is 0 Å². The van der Waals surface area contributed by atoms with Crippen molar-refractivity contribution in [1.82, 2.24) is 5.01 Å². The average molecular weight is 435 g/mol. The van der Waals surface area contributed by atoms with E-state index in [0.717, 1.165) is 25.9 Å². The summed E-state index contributed by atoms with van der Waals surface area (Å²) in [6.07, 6.45) is 6.19. The average Bonchev–Trinajstić information content (AvgIpc) is 3.26. The number of rotatable bonds is 7. The number of hydrogen-bond donors (Lipinski definition) is 1. The molecule has 1 aliphatic carbocycles. The lowest BCUT2D eigenvalue weighted by Gasteiger charge is -2.42. The number of hydrogen-bond acceptors (Lipinski definition) is 4. The third-order valence-corrected chi connectivity index (χ3v) is 7.03. The molecule has 1 aliphatic heterocycles. The van der Waals surface area contributed by atoms with Gasteiger partial charge in [0.1, 0.15) is 5.75 Å². The molecule has 2 aromatic rings. The first-order chi connectivity index (χ1) is 15.2. The maximum Gasteiger partial charge on any atom is 0.335 e. The molecule has 0 spiro atoms. The van der Waals surface area contributed by atoms with Gasteiger partial charge in [-0.05, 0) is 70.2 Å². The molecule has 1 N–H and O–H groups in total. The molecule has 0 fully saturated rings. The largest absolute Gasteiger partial charge is 0.493 e. The molecular formula is C27H34N2O3. The number of carboxylic acids is 1. The number of carbonyl (C=O) groups is 1. The zero-order valence-electron chi connectivity index (χ0n) is 19.6. The van der Waals surface area contributed by atoms with Gasteiger partial charge in [0.05, 0.1) is 18.7 Å². The Morgan fingerprint density at radius 1 is 1.03 bits per heavy atom. The predicted molar refractivity (Wildman–Crippen MR) is 128 cm³/mol. The van der Waals surface area contributed by atoms with Crippen LogP contribution in [0.15, 0.2) is 41.5 Å². The molecule has 32 heavy (non-hydrogen) atoms. The van der Waals surface area contributed by atoms with Crippen molar-refractivity contribution in [2.24, 2.45) is 5.10 Å². The van der Waals surface area contributed by atoms with Gasteiger partial charge in [-0.1, -0.05) is 39.8 Å². The highest BCUT2D eigenvalue weighted by Crippen LogP contribution is 2.46. The van der Waals surface area contributed by atoms with E-state index in [9.17, 15) is 4.79 Å². The van der Waals surface area contributed by atoms with Crippen molar-refractivity contribution in [3.05, 3.63) is 64.2 Å². The number of fused-ring (bicyclic) bond motifs is 1. The maximum absolute atomic E-state index is 11.1. The van der Waals surface area contributed by atoms with Crippen LogP contribution in [0.3, 0.4) is 0 Å². The third kappa shape index (κ3) is 4.67. The molecule has 0 saturated heterocycles. The van der Waals surface area contributed by atoms with Crippen LogP contribution in [0.2, 0.25) is 0 Å². The number of aromatic carboxylic acids is 1. The van der Waals surface area contributed by atoms with Crippen LogP contribution in [0.4, 0.5) is 0 Å². The van der Waals surface area contributed by atoms with Crippen molar-refractivity contribution in [3.8, 4) is 5.75 Å². The number of benzene rings is 2. The first-order valence-electron chi connectivity index (χ1n) is 11.6. The van der Waals surface area contributed by atoms with Crippen LogP contribution in [0, 0.1) is 0 Å². The predicted octanol–water partition coefficient (Wildman–Crippen LogP) is 5.55. The fraction of sp³-hybridized carbons (Fsp3) is 0.481. The molecule has 5 heteroatoms. The van der Waals surface area contributed by atoms with E-state index in [0.29, 0.717) is 12.4 Å². The molecule has 0 saturated carbocycles. The van der Waals surface area contributed by atoms with Crippen molar-refractivity contribution in [3.63, 3.8) is 0 Å². The highest BCUT2D eigenvalue weighted by atomic mass is 16.5. The van der Waals surface area contributed by atoms with E-state index in [2.05, 4.69) is 49.9 Å². The minimum Gasteiger partial charge on any atom is -0.493 e. The van der Waals surface area contributed by atoms with Gasteiger partial charge >= 0.3 is 5.97 Å². The molecule has 2 aliphatic rings. The van der Waals surface area contributed by atoms with E-state index in [-0.39, 0.29) is 16.4 Å². The van der Waals surface area contributed by atoms with E-state index >= 15 is 0 Å². The molecule has 0 atom stereocenters. The summed E-state index contributed by atoms with van der Waals surface area (Å²) in [6.45, 7) is 11.8. The van der Waals surface area contributed by atoms with Crippen molar-refractivity contribution >= 4 is 12.2 Å². The van der Waals surface area contributed by atoms with Gasteiger partial charge in [-0.15, -0.1) is 0 Å². The number of nitrogens with zero attached hydrogens (tertiary/aromatic N) is 2. The zero-order chi connectivity index (χ0) is 22.9. The molecule has 2 aromatic carbocycles. The summed E-state index contributed by atoms with van der Waals surface area (Å²) in [5.41, 5.74) is 6.19. The van der Waals surface area contributed by atoms with Crippen LogP contribution in [-0.2, 0) is 23.8 Å². The van der Waals surface area contributed by atoms with E-state index in [4.69, 9.17) is 9.84 Å². The molecule has 4 rings (SSSR count). The van der Waals surface area contributed by atoms with Crippen LogP contribution in [0.5, 0.6) is 5.75 Å². The first-order valence-corrected chi connectivity index (χ1v) is 11.6. The van der Waals surface area contributed by atoms with Gasteiger partial charge in [0.15, 0.2) is 0 Å². The topological polar surface area (TPSA) is 62.1 Å². The highest BCUT2D eigenvalue weighted by Gasteiger charge is 2.37. The normalized spacial score (nSPS) is 18.4. The molecule has 0 radical (unpaired) electrons. The maximum atomic E-state index is 11.1. The van der Waals surface area contributed by atoms with Crippen LogP contribution in [0.25, 0.3) is 0 Å². The van der Waals surface area contributed by atoms with Crippen molar-refractivity contribution in [2.45, 2.75) is 70.8 Å². The van der Waals surface area contributed by atoms with Gasteiger partial charge in [0.25, 0.3) is 0 Å². The van der Waals surface area contributed by atoms with Gasteiger partial charge in [0.2, 0.25) is 0 Å². The van der Waals surface area contributed by atoms with Gasteiger partial charge in [-0.3, -0.25) is 5.01 Å². The number of hydrazone groups is 1. The Bertz CT molecular complexity index is 1020. The fourth-order valence-corrected chi connectivity index (χ4v) is 4.81.